The molecule has 142 valence electrons. The Morgan fingerprint density at radius 2 is 1.78 bits per heavy atom. The van der Waals surface area contributed by atoms with E-state index in [2.05, 4.69) is 25.5 Å². The molecule has 0 spiro atoms. The number of aromatic nitrogens is 2. The molecule has 1 aromatic heterocycles. The lowest BCUT2D eigenvalue weighted by atomic mass is 10.1. The van der Waals surface area contributed by atoms with Crippen LogP contribution in [0.3, 0.4) is 0 Å². The average molecular weight is 368 g/mol. The zero-order chi connectivity index (χ0) is 19.2. The number of hydrogen-bond donors (Lipinski definition) is 2. The van der Waals surface area contributed by atoms with E-state index < -0.39 is 0 Å². The van der Waals surface area contributed by atoms with E-state index in [0.29, 0.717) is 44.2 Å². The Morgan fingerprint density at radius 1 is 1.07 bits per heavy atom. The lowest BCUT2D eigenvalue weighted by molar-refractivity contribution is -0.115. The summed E-state index contributed by atoms with van der Waals surface area (Å²) in [5.41, 5.74) is 2.37. The maximum atomic E-state index is 12.5. The first kappa shape index (κ1) is 18.6. The number of aryl methyl sites for hydroxylation is 1. The van der Waals surface area contributed by atoms with Crippen molar-refractivity contribution in [1.82, 2.24) is 14.9 Å². The van der Waals surface area contributed by atoms with Crippen LogP contribution >= 0.6 is 0 Å². The van der Waals surface area contributed by atoms with Crippen molar-refractivity contribution < 1.29 is 9.59 Å². The highest BCUT2D eigenvalue weighted by Crippen LogP contribution is 2.20. The topological polar surface area (TPSA) is 90.5 Å². The first-order chi connectivity index (χ1) is 13.1. The summed E-state index contributed by atoms with van der Waals surface area (Å²) in [6, 6.07) is 7.12. The van der Waals surface area contributed by atoms with E-state index >= 15 is 0 Å². The summed E-state index contributed by atoms with van der Waals surface area (Å²) in [6.45, 7) is 6.31. The van der Waals surface area contributed by atoms with Crippen LogP contribution in [0.15, 0.2) is 36.7 Å². The molecule has 0 radical (unpaired) electrons. The lowest BCUT2D eigenvalue weighted by Gasteiger charge is -2.34. The number of rotatable bonds is 4. The average Bonchev–Trinajstić information content (AvgIpc) is 2.70. The molecule has 27 heavy (non-hydrogen) atoms. The van der Waals surface area contributed by atoms with Gasteiger partial charge in [0.25, 0.3) is 0 Å². The Morgan fingerprint density at radius 3 is 2.41 bits per heavy atom. The van der Waals surface area contributed by atoms with Gasteiger partial charge >= 0.3 is 6.03 Å². The number of urea groups is 1. The number of carbonyl (C=O) groups is 2. The van der Waals surface area contributed by atoms with E-state index in [4.69, 9.17) is 0 Å². The molecule has 1 saturated heterocycles. The molecule has 0 unspecified atom stereocenters. The highest BCUT2D eigenvalue weighted by atomic mass is 16.2. The van der Waals surface area contributed by atoms with Crippen LogP contribution in [0.2, 0.25) is 0 Å². The molecule has 2 aromatic rings. The van der Waals surface area contributed by atoms with Gasteiger partial charge in [0, 0.05) is 56.4 Å². The molecule has 1 aliphatic rings. The standard InChI is InChI=1S/C19H24N6O2/c1-3-17(26)23-16-6-5-15(13-14(16)2)22-19(27)25-11-9-24(10-12-25)18-20-7-4-8-21-18/h4-8,13H,3,9-12H2,1-2H3,(H,22,27)(H,23,26). The number of piperazine rings is 1. The molecule has 1 aromatic carbocycles. The molecular weight excluding hydrogens is 344 g/mol. The van der Waals surface area contributed by atoms with Crippen LogP contribution in [-0.2, 0) is 4.79 Å². The summed E-state index contributed by atoms with van der Waals surface area (Å²) in [5, 5.41) is 5.77. The maximum absolute atomic E-state index is 12.5. The minimum Gasteiger partial charge on any atom is -0.337 e. The molecular formula is C19H24N6O2. The Kier molecular flexibility index (Phi) is 5.85. The largest absolute Gasteiger partial charge is 0.337 e. The molecule has 2 N–H and O–H groups in total. The second-order valence-corrected chi connectivity index (χ2v) is 6.38. The fourth-order valence-corrected chi connectivity index (χ4v) is 2.89. The fourth-order valence-electron chi connectivity index (χ4n) is 2.89. The molecule has 2 heterocycles. The molecule has 0 atom stereocenters. The van der Waals surface area contributed by atoms with Crippen molar-refractivity contribution in [1.29, 1.82) is 0 Å². The second-order valence-electron chi connectivity index (χ2n) is 6.38. The normalized spacial score (nSPS) is 14.0. The quantitative estimate of drug-likeness (QED) is 0.865. The Bertz CT molecular complexity index is 803. The molecule has 1 aliphatic heterocycles. The summed E-state index contributed by atoms with van der Waals surface area (Å²) < 4.78 is 0. The number of benzene rings is 1. The monoisotopic (exact) mass is 368 g/mol. The first-order valence-corrected chi connectivity index (χ1v) is 9.05. The fraction of sp³-hybridized carbons (Fsp3) is 0.368. The van der Waals surface area contributed by atoms with Gasteiger partial charge in [-0.1, -0.05) is 6.92 Å². The number of anilines is 3. The Hall–Kier alpha value is -3.16. The molecule has 3 amide bonds. The molecule has 1 fully saturated rings. The summed E-state index contributed by atoms with van der Waals surface area (Å²) in [7, 11) is 0. The van der Waals surface area contributed by atoms with Gasteiger partial charge in [0.2, 0.25) is 11.9 Å². The van der Waals surface area contributed by atoms with Gasteiger partial charge < -0.3 is 20.4 Å². The minimum absolute atomic E-state index is 0.0323. The van der Waals surface area contributed by atoms with E-state index in [9.17, 15) is 9.59 Å². The number of amides is 3. The van der Waals surface area contributed by atoms with Crippen LogP contribution in [-0.4, -0.2) is 53.0 Å². The van der Waals surface area contributed by atoms with Gasteiger partial charge in [-0.05, 0) is 36.8 Å². The van der Waals surface area contributed by atoms with Crippen molar-refractivity contribution in [2.75, 3.05) is 41.7 Å². The summed E-state index contributed by atoms with van der Waals surface area (Å²) >= 11 is 0. The second kappa shape index (κ2) is 8.48. The van der Waals surface area contributed by atoms with Crippen molar-refractivity contribution in [2.45, 2.75) is 20.3 Å². The van der Waals surface area contributed by atoms with Crippen LogP contribution < -0.4 is 15.5 Å². The summed E-state index contributed by atoms with van der Waals surface area (Å²) in [5.74, 6) is 0.660. The van der Waals surface area contributed by atoms with E-state index in [0.717, 1.165) is 11.3 Å². The van der Waals surface area contributed by atoms with Crippen molar-refractivity contribution in [3.8, 4) is 0 Å². The summed E-state index contributed by atoms with van der Waals surface area (Å²) in [6.07, 6.45) is 3.87. The molecule has 0 aliphatic carbocycles. The SMILES string of the molecule is CCC(=O)Nc1ccc(NC(=O)N2CCN(c3ncccn3)CC2)cc1C. The van der Waals surface area contributed by atoms with Crippen molar-refractivity contribution in [3.63, 3.8) is 0 Å². The predicted octanol–water partition coefficient (Wildman–Crippen LogP) is 2.49. The molecule has 0 bridgehead atoms. The predicted molar refractivity (Wildman–Crippen MR) is 105 cm³/mol. The van der Waals surface area contributed by atoms with Crippen molar-refractivity contribution in [3.05, 3.63) is 42.2 Å². The zero-order valence-corrected chi connectivity index (χ0v) is 15.6. The molecule has 3 rings (SSSR count). The molecule has 8 nitrogen and oxygen atoms in total. The highest BCUT2D eigenvalue weighted by molar-refractivity contribution is 5.93. The maximum Gasteiger partial charge on any atom is 0.321 e. The Balaban J connectivity index is 1.55. The van der Waals surface area contributed by atoms with E-state index in [1.165, 1.54) is 0 Å². The van der Waals surface area contributed by atoms with Crippen molar-refractivity contribution in [2.24, 2.45) is 0 Å². The van der Waals surface area contributed by atoms with Gasteiger partial charge in [-0.25, -0.2) is 14.8 Å². The van der Waals surface area contributed by atoms with Crippen LogP contribution in [0.4, 0.5) is 22.1 Å². The van der Waals surface area contributed by atoms with Gasteiger partial charge in [0.05, 0.1) is 0 Å². The van der Waals surface area contributed by atoms with E-state index in [1.54, 1.807) is 29.4 Å². The van der Waals surface area contributed by atoms with Gasteiger partial charge in [0.15, 0.2) is 0 Å². The number of nitrogens with zero attached hydrogens (tertiary/aromatic N) is 4. The lowest BCUT2D eigenvalue weighted by Crippen LogP contribution is -2.50. The highest BCUT2D eigenvalue weighted by Gasteiger charge is 2.22. The molecule has 0 saturated carbocycles. The molecule has 8 heteroatoms. The van der Waals surface area contributed by atoms with Gasteiger partial charge in [0.1, 0.15) is 0 Å². The smallest absolute Gasteiger partial charge is 0.321 e. The minimum atomic E-state index is -0.131. The zero-order valence-electron chi connectivity index (χ0n) is 15.6. The van der Waals surface area contributed by atoms with Crippen LogP contribution in [0, 0.1) is 6.92 Å². The first-order valence-electron chi connectivity index (χ1n) is 9.05. The van der Waals surface area contributed by atoms with Gasteiger partial charge in [-0.3, -0.25) is 4.79 Å². The number of hydrogen-bond acceptors (Lipinski definition) is 5. The third kappa shape index (κ3) is 4.72. The van der Waals surface area contributed by atoms with Crippen molar-refractivity contribution >= 4 is 29.3 Å². The number of nitrogens with one attached hydrogen (secondary N) is 2. The van der Waals surface area contributed by atoms with Crippen LogP contribution in [0.5, 0.6) is 0 Å². The summed E-state index contributed by atoms with van der Waals surface area (Å²) in [4.78, 5) is 36.4. The van der Waals surface area contributed by atoms with Crippen LogP contribution in [0.25, 0.3) is 0 Å². The third-order valence-electron chi connectivity index (χ3n) is 4.47. The Labute approximate surface area is 158 Å². The van der Waals surface area contributed by atoms with E-state index in [1.807, 2.05) is 26.0 Å². The van der Waals surface area contributed by atoms with E-state index in [-0.39, 0.29) is 11.9 Å². The number of carbonyl (C=O) groups excluding carboxylic acids is 2. The third-order valence-corrected chi connectivity index (χ3v) is 4.47. The van der Waals surface area contributed by atoms with Crippen LogP contribution in [0.1, 0.15) is 18.9 Å². The van der Waals surface area contributed by atoms with Gasteiger partial charge in [-0.2, -0.15) is 0 Å². The van der Waals surface area contributed by atoms with Gasteiger partial charge in [-0.15, -0.1) is 0 Å².